The SMILES string of the molecule is O=C(O)c1ccn2c(CC3CCCOC3)nnc2c1. The van der Waals surface area contributed by atoms with Gasteiger partial charge in [0.15, 0.2) is 5.65 Å². The van der Waals surface area contributed by atoms with Gasteiger partial charge >= 0.3 is 5.97 Å². The molecule has 0 radical (unpaired) electrons. The summed E-state index contributed by atoms with van der Waals surface area (Å²) in [6.45, 7) is 1.61. The van der Waals surface area contributed by atoms with Crippen LogP contribution in [0.1, 0.15) is 29.0 Å². The highest BCUT2D eigenvalue weighted by Crippen LogP contribution is 2.18. The van der Waals surface area contributed by atoms with Gasteiger partial charge < -0.3 is 9.84 Å². The van der Waals surface area contributed by atoms with Crippen LogP contribution >= 0.6 is 0 Å². The highest BCUT2D eigenvalue weighted by atomic mass is 16.5. The van der Waals surface area contributed by atoms with Crippen molar-refractivity contribution in [2.24, 2.45) is 5.92 Å². The van der Waals surface area contributed by atoms with Crippen molar-refractivity contribution in [2.45, 2.75) is 19.3 Å². The van der Waals surface area contributed by atoms with Crippen LogP contribution in [0.15, 0.2) is 18.3 Å². The molecule has 0 aliphatic carbocycles. The van der Waals surface area contributed by atoms with E-state index in [0.717, 1.165) is 38.3 Å². The summed E-state index contributed by atoms with van der Waals surface area (Å²) < 4.78 is 7.31. The van der Waals surface area contributed by atoms with Crippen LogP contribution in [0.2, 0.25) is 0 Å². The molecule has 2 aromatic rings. The highest BCUT2D eigenvalue weighted by Gasteiger charge is 2.18. The van der Waals surface area contributed by atoms with Crippen molar-refractivity contribution >= 4 is 11.6 Å². The van der Waals surface area contributed by atoms with Crippen LogP contribution < -0.4 is 0 Å². The Morgan fingerprint density at radius 3 is 3.16 bits per heavy atom. The Bertz CT molecular complexity index is 602. The molecule has 6 nitrogen and oxygen atoms in total. The van der Waals surface area contributed by atoms with E-state index in [1.807, 2.05) is 4.40 Å². The molecule has 0 aromatic carbocycles. The second-order valence-electron chi connectivity index (χ2n) is 4.85. The van der Waals surface area contributed by atoms with E-state index >= 15 is 0 Å². The van der Waals surface area contributed by atoms with Crippen molar-refractivity contribution in [3.05, 3.63) is 29.7 Å². The molecule has 1 unspecified atom stereocenters. The normalized spacial score (nSPS) is 19.7. The molecular weight excluding hydrogens is 246 g/mol. The number of aromatic carboxylic acids is 1. The van der Waals surface area contributed by atoms with Crippen molar-refractivity contribution in [2.75, 3.05) is 13.2 Å². The monoisotopic (exact) mass is 261 g/mol. The Labute approximate surface area is 110 Å². The zero-order chi connectivity index (χ0) is 13.2. The van der Waals surface area contributed by atoms with Gasteiger partial charge in [-0.25, -0.2) is 4.79 Å². The minimum Gasteiger partial charge on any atom is -0.478 e. The summed E-state index contributed by atoms with van der Waals surface area (Å²) in [4.78, 5) is 10.9. The molecule has 3 heterocycles. The van der Waals surface area contributed by atoms with Gasteiger partial charge in [0.25, 0.3) is 0 Å². The zero-order valence-corrected chi connectivity index (χ0v) is 10.5. The van der Waals surface area contributed by atoms with E-state index in [-0.39, 0.29) is 5.56 Å². The molecular formula is C13H15N3O3. The topological polar surface area (TPSA) is 76.7 Å². The van der Waals surface area contributed by atoms with E-state index < -0.39 is 5.97 Å². The van der Waals surface area contributed by atoms with Gasteiger partial charge in [-0.1, -0.05) is 0 Å². The Morgan fingerprint density at radius 1 is 1.53 bits per heavy atom. The summed E-state index contributed by atoms with van der Waals surface area (Å²) in [5.74, 6) is 0.385. The fourth-order valence-electron chi connectivity index (χ4n) is 2.44. The maximum atomic E-state index is 10.9. The second-order valence-corrected chi connectivity index (χ2v) is 4.85. The third-order valence-electron chi connectivity index (χ3n) is 3.45. The molecule has 19 heavy (non-hydrogen) atoms. The largest absolute Gasteiger partial charge is 0.478 e. The number of hydrogen-bond donors (Lipinski definition) is 1. The minimum absolute atomic E-state index is 0.229. The molecule has 100 valence electrons. The predicted octanol–water partition coefficient (Wildman–Crippen LogP) is 1.40. The van der Waals surface area contributed by atoms with Crippen LogP contribution in [0.4, 0.5) is 0 Å². The molecule has 1 aliphatic rings. The van der Waals surface area contributed by atoms with Gasteiger partial charge in [0.05, 0.1) is 5.56 Å². The molecule has 0 amide bonds. The molecule has 1 saturated heterocycles. The van der Waals surface area contributed by atoms with Gasteiger partial charge in [-0.3, -0.25) is 4.40 Å². The number of carbonyl (C=O) groups is 1. The number of carboxylic acids is 1. The first-order valence-electron chi connectivity index (χ1n) is 6.39. The van der Waals surface area contributed by atoms with E-state index in [0.29, 0.717) is 11.6 Å². The van der Waals surface area contributed by atoms with Crippen LogP contribution in [0.25, 0.3) is 5.65 Å². The first kappa shape index (κ1) is 12.1. The van der Waals surface area contributed by atoms with Gasteiger partial charge in [0.1, 0.15) is 5.82 Å². The van der Waals surface area contributed by atoms with E-state index in [9.17, 15) is 4.79 Å². The molecule has 0 bridgehead atoms. The average Bonchev–Trinajstić information content (AvgIpc) is 2.82. The Hall–Kier alpha value is -1.95. The number of pyridine rings is 1. The van der Waals surface area contributed by atoms with Crippen molar-refractivity contribution in [1.82, 2.24) is 14.6 Å². The van der Waals surface area contributed by atoms with E-state index in [1.54, 1.807) is 12.3 Å². The van der Waals surface area contributed by atoms with E-state index in [1.165, 1.54) is 6.07 Å². The molecule has 1 fully saturated rings. The fraction of sp³-hybridized carbons (Fsp3) is 0.462. The van der Waals surface area contributed by atoms with Gasteiger partial charge in [0, 0.05) is 25.8 Å². The Kier molecular flexibility index (Phi) is 3.16. The standard InChI is InChI=1S/C13H15N3O3/c17-13(18)10-3-4-16-11(14-15-12(16)7-10)6-9-2-1-5-19-8-9/h3-4,7,9H,1-2,5-6,8H2,(H,17,18). The third-order valence-corrected chi connectivity index (χ3v) is 3.45. The van der Waals surface area contributed by atoms with Gasteiger partial charge in [-0.05, 0) is 30.9 Å². The Balaban J connectivity index is 1.86. The zero-order valence-electron chi connectivity index (χ0n) is 10.5. The molecule has 1 aliphatic heterocycles. The average molecular weight is 261 g/mol. The lowest BCUT2D eigenvalue weighted by Gasteiger charge is -2.20. The number of hydrogen-bond acceptors (Lipinski definition) is 4. The lowest BCUT2D eigenvalue weighted by molar-refractivity contribution is 0.0542. The summed E-state index contributed by atoms with van der Waals surface area (Å²) >= 11 is 0. The summed E-state index contributed by atoms with van der Waals surface area (Å²) in [6.07, 6.45) is 4.76. The molecule has 0 spiro atoms. The van der Waals surface area contributed by atoms with Gasteiger partial charge in [-0.15, -0.1) is 10.2 Å². The third kappa shape index (κ3) is 2.44. The van der Waals surface area contributed by atoms with Crippen LogP contribution in [0.5, 0.6) is 0 Å². The number of aromatic nitrogens is 3. The molecule has 0 saturated carbocycles. The lowest BCUT2D eigenvalue weighted by atomic mass is 9.98. The van der Waals surface area contributed by atoms with Crippen LogP contribution in [0, 0.1) is 5.92 Å². The molecule has 3 rings (SSSR count). The van der Waals surface area contributed by atoms with E-state index in [4.69, 9.17) is 9.84 Å². The van der Waals surface area contributed by atoms with E-state index in [2.05, 4.69) is 10.2 Å². The van der Waals surface area contributed by atoms with Crippen molar-refractivity contribution < 1.29 is 14.6 Å². The van der Waals surface area contributed by atoms with Gasteiger partial charge in [-0.2, -0.15) is 0 Å². The first-order valence-corrected chi connectivity index (χ1v) is 6.39. The molecule has 6 heteroatoms. The van der Waals surface area contributed by atoms with Crippen LogP contribution in [-0.2, 0) is 11.2 Å². The lowest BCUT2D eigenvalue weighted by Crippen LogP contribution is -2.20. The number of ether oxygens (including phenoxy) is 1. The Morgan fingerprint density at radius 2 is 2.42 bits per heavy atom. The van der Waals surface area contributed by atoms with Crippen molar-refractivity contribution in [3.8, 4) is 0 Å². The summed E-state index contributed by atoms with van der Waals surface area (Å²) in [5.41, 5.74) is 0.805. The fourth-order valence-corrected chi connectivity index (χ4v) is 2.44. The molecule has 2 aromatic heterocycles. The smallest absolute Gasteiger partial charge is 0.335 e. The number of carboxylic acid groups (broad SMARTS) is 1. The van der Waals surface area contributed by atoms with Crippen LogP contribution in [0.3, 0.4) is 0 Å². The maximum Gasteiger partial charge on any atom is 0.335 e. The second kappa shape index (κ2) is 4.97. The van der Waals surface area contributed by atoms with Gasteiger partial charge in [0.2, 0.25) is 0 Å². The quantitative estimate of drug-likeness (QED) is 0.903. The van der Waals surface area contributed by atoms with Crippen LogP contribution in [-0.4, -0.2) is 38.9 Å². The highest BCUT2D eigenvalue weighted by molar-refractivity contribution is 5.88. The molecule has 1 atom stereocenters. The first-order chi connectivity index (χ1) is 9.24. The summed E-state index contributed by atoms with van der Waals surface area (Å²) in [5, 5.41) is 17.1. The maximum absolute atomic E-state index is 10.9. The van der Waals surface area contributed by atoms with Crippen molar-refractivity contribution in [1.29, 1.82) is 0 Å². The predicted molar refractivity (Wildman–Crippen MR) is 67.2 cm³/mol. The molecule has 1 N–H and O–H groups in total. The summed E-state index contributed by atoms with van der Waals surface area (Å²) in [7, 11) is 0. The number of rotatable bonds is 3. The van der Waals surface area contributed by atoms with Crippen molar-refractivity contribution in [3.63, 3.8) is 0 Å². The minimum atomic E-state index is -0.951. The number of fused-ring (bicyclic) bond motifs is 1. The number of nitrogens with zero attached hydrogens (tertiary/aromatic N) is 3. The summed E-state index contributed by atoms with van der Waals surface area (Å²) in [6, 6.07) is 3.11.